The van der Waals surface area contributed by atoms with E-state index in [9.17, 15) is 21.6 Å². The fourth-order valence-electron chi connectivity index (χ4n) is 1.47. The molecule has 0 saturated carbocycles. The van der Waals surface area contributed by atoms with E-state index in [2.05, 4.69) is 5.32 Å². The molecule has 0 heterocycles. The number of halogens is 3. The number of hydrogen-bond acceptors (Lipinski definition) is 3. The van der Waals surface area contributed by atoms with Crippen LogP contribution in [0.2, 0.25) is 0 Å². The first-order valence-electron chi connectivity index (χ1n) is 5.56. The van der Waals surface area contributed by atoms with Gasteiger partial charge in [0.2, 0.25) is 10.0 Å². The number of hydrogen-bond donors (Lipinski definition) is 1. The third-order valence-corrected chi connectivity index (χ3v) is 4.46. The van der Waals surface area contributed by atoms with E-state index < -0.39 is 32.4 Å². The third-order valence-electron chi connectivity index (χ3n) is 2.59. The molecule has 0 fully saturated rings. The predicted octanol–water partition coefficient (Wildman–Crippen LogP) is 1.33. The van der Waals surface area contributed by atoms with Crippen molar-refractivity contribution in [3.05, 3.63) is 29.6 Å². The SMILES string of the molecule is CNCCCN(C)S(=O)(=O)c1ccc(F)c(F)c1F. The van der Waals surface area contributed by atoms with Gasteiger partial charge in [-0.3, -0.25) is 0 Å². The van der Waals surface area contributed by atoms with Crippen molar-refractivity contribution in [3.63, 3.8) is 0 Å². The Balaban J connectivity index is 3.04. The van der Waals surface area contributed by atoms with Gasteiger partial charge in [0.15, 0.2) is 17.5 Å². The molecule has 108 valence electrons. The molecule has 4 nitrogen and oxygen atoms in total. The molecule has 0 aliphatic carbocycles. The molecule has 1 aromatic carbocycles. The highest BCUT2D eigenvalue weighted by Gasteiger charge is 2.27. The van der Waals surface area contributed by atoms with Crippen molar-refractivity contribution in [2.45, 2.75) is 11.3 Å². The summed E-state index contributed by atoms with van der Waals surface area (Å²) in [4.78, 5) is -0.863. The van der Waals surface area contributed by atoms with Crippen LogP contribution in [0.4, 0.5) is 13.2 Å². The Hall–Kier alpha value is -1.12. The maximum atomic E-state index is 13.5. The van der Waals surface area contributed by atoms with Crippen LogP contribution in [-0.4, -0.2) is 39.9 Å². The van der Waals surface area contributed by atoms with Gasteiger partial charge in [0.05, 0.1) is 0 Å². The van der Waals surface area contributed by atoms with Gasteiger partial charge in [-0.05, 0) is 32.1 Å². The molecule has 1 rings (SSSR count). The fourth-order valence-corrected chi connectivity index (χ4v) is 2.74. The molecule has 0 saturated heterocycles. The van der Waals surface area contributed by atoms with E-state index >= 15 is 0 Å². The normalized spacial score (nSPS) is 12.1. The monoisotopic (exact) mass is 296 g/mol. The first-order valence-corrected chi connectivity index (χ1v) is 7.00. The Labute approximate surface area is 110 Å². The second-order valence-corrected chi connectivity index (χ2v) is 5.97. The predicted molar refractivity (Wildman–Crippen MR) is 64.7 cm³/mol. The topological polar surface area (TPSA) is 49.4 Å². The zero-order valence-corrected chi connectivity index (χ0v) is 11.4. The maximum absolute atomic E-state index is 13.5. The molecule has 0 aliphatic heterocycles. The van der Waals surface area contributed by atoms with Crippen LogP contribution >= 0.6 is 0 Å². The van der Waals surface area contributed by atoms with Crippen LogP contribution in [-0.2, 0) is 10.0 Å². The van der Waals surface area contributed by atoms with Crippen molar-refractivity contribution < 1.29 is 21.6 Å². The Kier molecular flexibility index (Phi) is 5.33. The van der Waals surface area contributed by atoms with E-state index in [-0.39, 0.29) is 6.54 Å². The van der Waals surface area contributed by atoms with E-state index in [0.717, 1.165) is 10.4 Å². The summed E-state index contributed by atoms with van der Waals surface area (Å²) in [5.41, 5.74) is 0. The fraction of sp³-hybridized carbons (Fsp3) is 0.455. The number of sulfonamides is 1. The minimum Gasteiger partial charge on any atom is -0.320 e. The molecule has 0 aliphatic rings. The lowest BCUT2D eigenvalue weighted by Crippen LogP contribution is -2.30. The Morgan fingerprint density at radius 3 is 2.42 bits per heavy atom. The zero-order valence-electron chi connectivity index (χ0n) is 10.6. The molecular weight excluding hydrogens is 281 g/mol. The van der Waals surface area contributed by atoms with E-state index in [0.29, 0.717) is 19.0 Å². The summed E-state index contributed by atoms with van der Waals surface area (Å²) >= 11 is 0. The van der Waals surface area contributed by atoms with Gasteiger partial charge in [0.25, 0.3) is 0 Å². The summed E-state index contributed by atoms with van der Waals surface area (Å²) in [6.45, 7) is 0.724. The lowest BCUT2D eigenvalue weighted by molar-refractivity contribution is 0.420. The number of nitrogens with zero attached hydrogens (tertiary/aromatic N) is 1. The summed E-state index contributed by atoms with van der Waals surface area (Å²) in [5.74, 6) is -4.90. The molecule has 19 heavy (non-hydrogen) atoms. The third kappa shape index (κ3) is 3.46. The molecule has 8 heteroatoms. The molecule has 0 unspecified atom stereocenters. The Bertz CT molecular complexity index is 549. The van der Waals surface area contributed by atoms with Crippen molar-refractivity contribution in [1.82, 2.24) is 9.62 Å². The van der Waals surface area contributed by atoms with Crippen LogP contribution in [0, 0.1) is 17.5 Å². The standard InChI is InChI=1S/C11H15F3N2O2S/c1-15-6-3-7-16(2)19(17,18)9-5-4-8(12)10(13)11(9)14/h4-5,15H,3,6-7H2,1-2H3. The maximum Gasteiger partial charge on any atom is 0.245 e. The number of nitrogens with one attached hydrogen (secondary N) is 1. The second-order valence-electron chi connectivity index (χ2n) is 3.96. The summed E-state index contributed by atoms with van der Waals surface area (Å²) in [6, 6.07) is 1.31. The van der Waals surface area contributed by atoms with Crippen molar-refractivity contribution in [2.24, 2.45) is 0 Å². The number of benzene rings is 1. The minimum absolute atomic E-state index is 0.140. The van der Waals surface area contributed by atoms with Crippen LogP contribution < -0.4 is 5.32 Å². The molecule has 0 amide bonds. The molecule has 0 spiro atoms. The minimum atomic E-state index is -4.17. The highest BCUT2D eigenvalue weighted by molar-refractivity contribution is 7.89. The van der Waals surface area contributed by atoms with Crippen molar-refractivity contribution in [3.8, 4) is 0 Å². The summed E-state index contributed by atoms with van der Waals surface area (Å²) in [6.07, 6.45) is 0.511. The summed E-state index contributed by atoms with van der Waals surface area (Å²) in [5, 5.41) is 2.84. The average molecular weight is 296 g/mol. The molecule has 0 bridgehead atoms. The average Bonchev–Trinajstić information content (AvgIpc) is 2.35. The lowest BCUT2D eigenvalue weighted by Gasteiger charge is -2.17. The smallest absolute Gasteiger partial charge is 0.245 e. The quantitative estimate of drug-likeness (QED) is 0.636. The van der Waals surface area contributed by atoms with Gasteiger partial charge in [0.1, 0.15) is 4.90 Å². The molecular formula is C11H15F3N2O2S. The van der Waals surface area contributed by atoms with Crippen molar-refractivity contribution in [2.75, 3.05) is 27.2 Å². The summed E-state index contributed by atoms with van der Waals surface area (Å²) in [7, 11) is -1.20. The van der Waals surface area contributed by atoms with E-state index in [4.69, 9.17) is 0 Å². The second kappa shape index (κ2) is 6.36. The van der Waals surface area contributed by atoms with Crippen LogP contribution in [0.3, 0.4) is 0 Å². The Morgan fingerprint density at radius 1 is 1.21 bits per heavy atom. The van der Waals surface area contributed by atoms with E-state index in [1.165, 1.54) is 7.05 Å². The van der Waals surface area contributed by atoms with Crippen LogP contribution in [0.15, 0.2) is 17.0 Å². The molecule has 0 radical (unpaired) electrons. The molecule has 1 aromatic rings. The van der Waals surface area contributed by atoms with Gasteiger partial charge < -0.3 is 5.32 Å². The van der Waals surface area contributed by atoms with Crippen LogP contribution in [0.25, 0.3) is 0 Å². The van der Waals surface area contributed by atoms with Gasteiger partial charge in [-0.25, -0.2) is 25.9 Å². The number of rotatable bonds is 6. The highest BCUT2D eigenvalue weighted by Crippen LogP contribution is 2.22. The largest absolute Gasteiger partial charge is 0.320 e. The molecule has 0 atom stereocenters. The van der Waals surface area contributed by atoms with Crippen molar-refractivity contribution >= 4 is 10.0 Å². The van der Waals surface area contributed by atoms with Gasteiger partial charge in [-0.2, -0.15) is 0 Å². The van der Waals surface area contributed by atoms with Crippen molar-refractivity contribution in [1.29, 1.82) is 0 Å². The van der Waals surface area contributed by atoms with Crippen LogP contribution in [0.1, 0.15) is 6.42 Å². The summed E-state index contributed by atoms with van der Waals surface area (Å²) < 4.78 is 64.2. The molecule has 0 aromatic heterocycles. The van der Waals surface area contributed by atoms with Gasteiger partial charge in [-0.15, -0.1) is 0 Å². The van der Waals surface area contributed by atoms with Gasteiger partial charge >= 0.3 is 0 Å². The van der Waals surface area contributed by atoms with E-state index in [1.54, 1.807) is 7.05 Å². The highest BCUT2D eigenvalue weighted by atomic mass is 32.2. The van der Waals surface area contributed by atoms with Gasteiger partial charge in [-0.1, -0.05) is 0 Å². The first-order chi connectivity index (χ1) is 8.82. The van der Waals surface area contributed by atoms with Crippen LogP contribution in [0.5, 0.6) is 0 Å². The van der Waals surface area contributed by atoms with Gasteiger partial charge in [0, 0.05) is 13.6 Å². The molecule has 1 N–H and O–H groups in total. The first kappa shape index (κ1) is 15.9. The van der Waals surface area contributed by atoms with E-state index in [1.807, 2.05) is 0 Å². The Morgan fingerprint density at radius 2 is 1.84 bits per heavy atom. The zero-order chi connectivity index (χ0) is 14.6. The lowest BCUT2D eigenvalue weighted by atomic mass is 10.3.